The Morgan fingerprint density at radius 1 is 1.40 bits per heavy atom. The molecule has 0 radical (unpaired) electrons. The largest absolute Gasteiger partial charge is 0.312 e. The van der Waals surface area contributed by atoms with E-state index in [0.717, 1.165) is 17.6 Å². The highest BCUT2D eigenvalue weighted by Crippen LogP contribution is 2.20. The van der Waals surface area contributed by atoms with Crippen molar-refractivity contribution >= 4 is 23.4 Å². The van der Waals surface area contributed by atoms with E-state index in [2.05, 4.69) is 24.4 Å². The summed E-state index contributed by atoms with van der Waals surface area (Å²) in [5.41, 5.74) is 1.36. The van der Waals surface area contributed by atoms with Gasteiger partial charge in [-0.3, -0.25) is 0 Å². The average molecular weight is 242 g/mol. The maximum Gasteiger partial charge on any atom is 0.0406 e. The van der Waals surface area contributed by atoms with Crippen molar-refractivity contribution in [3.8, 4) is 0 Å². The van der Waals surface area contributed by atoms with Crippen LogP contribution in [0.2, 0.25) is 5.02 Å². The van der Waals surface area contributed by atoms with Crippen molar-refractivity contribution in [1.29, 1.82) is 0 Å². The lowest BCUT2D eigenvalue weighted by molar-refractivity contribution is 0.544. The summed E-state index contributed by atoms with van der Waals surface area (Å²) in [5, 5.41) is 4.39. The molecule has 2 rings (SSSR count). The number of hydrogen-bond donors (Lipinski definition) is 1. The lowest BCUT2D eigenvalue weighted by Gasteiger charge is -2.27. The first-order chi connectivity index (χ1) is 7.25. The Morgan fingerprint density at radius 2 is 2.07 bits per heavy atom. The molecule has 1 aromatic rings. The van der Waals surface area contributed by atoms with Crippen molar-refractivity contribution in [2.75, 3.05) is 18.1 Å². The molecule has 1 aromatic carbocycles. The Kier molecular flexibility index (Phi) is 3.95. The zero-order chi connectivity index (χ0) is 10.7. The topological polar surface area (TPSA) is 12.0 Å². The Hall–Kier alpha value is -0.180. The summed E-state index contributed by atoms with van der Waals surface area (Å²) < 4.78 is 0. The van der Waals surface area contributed by atoms with Gasteiger partial charge in [-0.05, 0) is 23.6 Å². The van der Waals surface area contributed by atoms with Crippen molar-refractivity contribution in [2.24, 2.45) is 0 Å². The van der Waals surface area contributed by atoms with E-state index in [4.69, 9.17) is 11.6 Å². The Morgan fingerprint density at radius 3 is 2.60 bits per heavy atom. The molecule has 1 N–H and O–H groups in total. The number of hydrogen-bond acceptors (Lipinski definition) is 2. The second-order valence-electron chi connectivity index (χ2n) is 4.10. The normalized spacial score (nSPS) is 18.5. The highest BCUT2D eigenvalue weighted by Gasteiger charge is 2.18. The number of thioether (sulfide) groups is 1. The maximum absolute atomic E-state index is 5.86. The highest BCUT2D eigenvalue weighted by molar-refractivity contribution is 8.00. The lowest BCUT2D eigenvalue weighted by Crippen LogP contribution is -2.41. The smallest absolute Gasteiger partial charge is 0.0406 e. The molecule has 3 heteroatoms. The van der Waals surface area contributed by atoms with Crippen LogP contribution in [0.25, 0.3) is 0 Å². The van der Waals surface area contributed by atoms with Gasteiger partial charge in [-0.1, -0.05) is 30.7 Å². The summed E-state index contributed by atoms with van der Waals surface area (Å²) in [7, 11) is 0. The molecular weight excluding hydrogens is 226 g/mol. The Balaban J connectivity index is 1.83. The van der Waals surface area contributed by atoms with Gasteiger partial charge in [-0.25, -0.2) is 0 Å². The summed E-state index contributed by atoms with van der Waals surface area (Å²) in [6, 6.07) is 8.90. The molecule has 0 aromatic heterocycles. The van der Waals surface area contributed by atoms with Gasteiger partial charge in [0.15, 0.2) is 0 Å². The third-order valence-corrected chi connectivity index (χ3v) is 4.32. The predicted molar refractivity (Wildman–Crippen MR) is 69.0 cm³/mol. The summed E-state index contributed by atoms with van der Waals surface area (Å²) in [6.45, 7) is 3.31. The van der Waals surface area contributed by atoms with Crippen molar-refractivity contribution < 1.29 is 0 Å². The minimum Gasteiger partial charge on any atom is -0.312 e. The first-order valence-electron chi connectivity index (χ1n) is 5.32. The van der Waals surface area contributed by atoms with Gasteiger partial charge in [0.2, 0.25) is 0 Å². The van der Waals surface area contributed by atoms with Crippen LogP contribution in [-0.2, 0) is 0 Å². The van der Waals surface area contributed by atoms with Gasteiger partial charge in [-0.2, -0.15) is 11.8 Å². The van der Waals surface area contributed by atoms with Crippen molar-refractivity contribution in [3.63, 3.8) is 0 Å². The van der Waals surface area contributed by atoms with Gasteiger partial charge >= 0.3 is 0 Å². The first kappa shape index (κ1) is 11.3. The minimum absolute atomic E-state index is 0.563. The van der Waals surface area contributed by atoms with Crippen LogP contribution in [0.15, 0.2) is 24.3 Å². The monoisotopic (exact) mass is 241 g/mol. The van der Waals surface area contributed by atoms with Gasteiger partial charge in [-0.15, -0.1) is 0 Å². The van der Waals surface area contributed by atoms with Gasteiger partial charge in [0.25, 0.3) is 0 Å². The predicted octanol–water partition coefficient (Wildman–Crippen LogP) is 3.15. The highest BCUT2D eigenvalue weighted by atomic mass is 35.5. The zero-order valence-corrected chi connectivity index (χ0v) is 10.4. The van der Waals surface area contributed by atoms with Crippen LogP contribution in [0.1, 0.15) is 18.4 Å². The average Bonchev–Trinajstić information content (AvgIpc) is 2.16. The molecule has 1 fully saturated rings. The van der Waals surface area contributed by atoms with Gasteiger partial charge < -0.3 is 5.32 Å². The fraction of sp³-hybridized carbons (Fsp3) is 0.500. The third-order valence-electron chi connectivity index (χ3n) is 2.79. The molecule has 0 saturated carbocycles. The molecule has 0 bridgehead atoms. The molecule has 0 aliphatic carbocycles. The second kappa shape index (κ2) is 5.24. The lowest BCUT2D eigenvalue weighted by atomic mass is 10.0. The summed E-state index contributed by atoms with van der Waals surface area (Å²) >= 11 is 7.87. The molecule has 1 aliphatic heterocycles. The zero-order valence-electron chi connectivity index (χ0n) is 8.87. The van der Waals surface area contributed by atoms with Crippen LogP contribution in [0.3, 0.4) is 0 Å². The number of rotatable bonds is 4. The van der Waals surface area contributed by atoms with Gasteiger partial charge in [0, 0.05) is 29.1 Å². The summed E-state index contributed by atoms with van der Waals surface area (Å²) in [4.78, 5) is 0. The molecule has 1 atom stereocenters. The van der Waals surface area contributed by atoms with E-state index in [1.807, 2.05) is 23.9 Å². The Labute approximate surface area is 101 Å². The minimum atomic E-state index is 0.563. The molecule has 1 unspecified atom stereocenters. The van der Waals surface area contributed by atoms with Crippen LogP contribution < -0.4 is 5.32 Å². The fourth-order valence-electron chi connectivity index (χ4n) is 1.61. The van der Waals surface area contributed by atoms with E-state index >= 15 is 0 Å². The molecule has 82 valence electrons. The second-order valence-corrected chi connectivity index (χ2v) is 5.61. The van der Waals surface area contributed by atoms with Crippen LogP contribution in [0.5, 0.6) is 0 Å². The SMILES string of the molecule is CC(CNC1CSC1)c1ccc(Cl)cc1. The van der Waals surface area contributed by atoms with Crippen LogP contribution in [0, 0.1) is 0 Å². The fourth-order valence-corrected chi connectivity index (χ4v) is 2.44. The van der Waals surface area contributed by atoms with Crippen molar-refractivity contribution in [3.05, 3.63) is 34.9 Å². The maximum atomic E-state index is 5.86. The van der Waals surface area contributed by atoms with E-state index < -0.39 is 0 Å². The van der Waals surface area contributed by atoms with Gasteiger partial charge in [0.1, 0.15) is 0 Å². The van der Waals surface area contributed by atoms with Crippen LogP contribution in [-0.4, -0.2) is 24.1 Å². The summed E-state index contributed by atoms with van der Waals surface area (Å²) in [6.07, 6.45) is 0. The van der Waals surface area contributed by atoms with E-state index in [1.165, 1.54) is 17.1 Å². The van der Waals surface area contributed by atoms with E-state index in [-0.39, 0.29) is 0 Å². The quantitative estimate of drug-likeness (QED) is 0.869. The molecular formula is C12H16ClNS. The number of nitrogens with one attached hydrogen (secondary N) is 1. The number of halogens is 1. The molecule has 0 amide bonds. The van der Waals surface area contributed by atoms with Crippen molar-refractivity contribution in [1.82, 2.24) is 5.32 Å². The standard InChI is InChI=1S/C12H16ClNS/c1-9(6-14-12-7-15-8-12)10-2-4-11(13)5-3-10/h2-5,9,12,14H,6-8H2,1H3. The van der Waals surface area contributed by atoms with E-state index in [9.17, 15) is 0 Å². The van der Waals surface area contributed by atoms with Crippen molar-refractivity contribution in [2.45, 2.75) is 18.9 Å². The number of benzene rings is 1. The van der Waals surface area contributed by atoms with Crippen LogP contribution in [0.4, 0.5) is 0 Å². The Bertz CT molecular complexity index is 308. The molecule has 1 aliphatic rings. The van der Waals surface area contributed by atoms with E-state index in [0.29, 0.717) is 5.92 Å². The van der Waals surface area contributed by atoms with E-state index in [1.54, 1.807) is 0 Å². The van der Waals surface area contributed by atoms with Gasteiger partial charge in [0.05, 0.1) is 0 Å². The summed E-state index contributed by atoms with van der Waals surface area (Å²) in [5.74, 6) is 3.11. The molecule has 0 spiro atoms. The first-order valence-corrected chi connectivity index (χ1v) is 6.85. The van der Waals surface area contributed by atoms with Crippen LogP contribution >= 0.6 is 23.4 Å². The molecule has 1 saturated heterocycles. The molecule has 1 heterocycles. The molecule has 15 heavy (non-hydrogen) atoms. The third kappa shape index (κ3) is 3.13. The molecule has 1 nitrogen and oxygen atoms in total.